The first-order valence-electron chi connectivity index (χ1n) is 6.28. The van der Waals surface area contributed by atoms with Gasteiger partial charge in [-0.15, -0.1) is 0 Å². The summed E-state index contributed by atoms with van der Waals surface area (Å²) in [5, 5.41) is 14.7. The first-order chi connectivity index (χ1) is 10.6. The predicted octanol–water partition coefficient (Wildman–Crippen LogP) is 4.51. The van der Waals surface area contributed by atoms with E-state index in [4.69, 9.17) is 5.26 Å². The third-order valence-electron chi connectivity index (χ3n) is 2.69. The molecule has 0 atom stereocenters. The average Bonchev–Trinajstić information content (AvgIpc) is 2.52. The SMILES string of the molecule is N#C/C(=C/Nc1ccc(I)cc1)C(=O)Nc1ccc(Br)cc1. The smallest absolute Gasteiger partial charge is 0.267 e. The van der Waals surface area contributed by atoms with E-state index in [1.165, 1.54) is 6.20 Å². The number of nitriles is 1. The largest absolute Gasteiger partial charge is 0.360 e. The van der Waals surface area contributed by atoms with Crippen LogP contribution in [0.5, 0.6) is 0 Å². The summed E-state index contributed by atoms with van der Waals surface area (Å²) in [5.41, 5.74) is 1.44. The van der Waals surface area contributed by atoms with E-state index >= 15 is 0 Å². The number of hydrogen-bond acceptors (Lipinski definition) is 3. The number of carbonyl (C=O) groups is 1. The summed E-state index contributed by atoms with van der Waals surface area (Å²) in [6.45, 7) is 0. The Morgan fingerprint density at radius 2 is 1.68 bits per heavy atom. The van der Waals surface area contributed by atoms with Crippen LogP contribution in [0.25, 0.3) is 0 Å². The molecule has 0 radical (unpaired) electrons. The molecule has 0 spiro atoms. The van der Waals surface area contributed by atoms with E-state index in [1.54, 1.807) is 12.1 Å². The first-order valence-corrected chi connectivity index (χ1v) is 8.15. The lowest BCUT2D eigenvalue weighted by molar-refractivity contribution is -0.112. The molecule has 0 unspecified atom stereocenters. The molecule has 0 fully saturated rings. The minimum atomic E-state index is -0.456. The quantitative estimate of drug-likeness (QED) is 0.395. The number of benzene rings is 2. The van der Waals surface area contributed by atoms with Gasteiger partial charge in [0.25, 0.3) is 5.91 Å². The van der Waals surface area contributed by atoms with E-state index in [1.807, 2.05) is 42.5 Å². The fourth-order valence-electron chi connectivity index (χ4n) is 1.58. The molecular weight excluding hydrogens is 457 g/mol. The van der Waals surface area contributed by atoms with Crippen LogP contribution in [0.3, 0.4) is 0 Å². The van der Waals surface area contributed by atoms with Gasteiger partial charge in [-0.3, -0.25) is 4.79 Å². The fourth-order valence-corrected chi connectivity index (χ4v) is 2.21. The fraction of sp³-hybridized carbons (Fsp3) is 0. The highest BCUT2D eigenvalue weighted by Gasteiger charge is 2.09. The Morgan fingerprint density at radius 1 is 1.09 bits per heavy atom. The second kappa shape index (κ2) is 7.96. The van der Waals surface area contributed by atoms with Crippen LogP contribution < -0.4 is 10.6 Å². The third kappa shape index (κ3) is 4.86. The number of nitrogens with zero attached hydrogens (tertiary/aromatic N) is 1. The van der Waals surface area contributed by atoms with E-state index in [2.05, 4.69) is 49.2 Å². The molecule has 2 rings (SSSR count). The molecule has 0 saturated carbocycles. The van der Waals surface area contributed by atoms with Crippen LogP contribution in [0.1, 0.15) is 0 Å². The number of nitrogens with one attached hydrogen (secondary N) is 2. The van der Waals surface area contributed by atoms with Crippen molar-refractivity contribution in [3.8, 4) is 6.07 Å². The van der Waals surface area contributed by atoms with Crippen molar-refractivity contribution in [1.29, 1.82) is 5.26 Å². The maximum atomic E-state index is 12.0. The lowest BCUT2D eigenvalue weighted by Gasteiger charge is -2.05. The number of carbonyl (C=O) groups excluding carboxylic acids is 1. The summed E-state index contributed by atoms with van der Waals surface area (Å²) in [6.07, 6.45) is 1.40. The van der Waals surface area contributed by atoms with E-state index in [9.17, 15) is 4.79 Å². The zero-order chi connectivity index (χ0) is 15.9. The molecule has 6 heteroatoms. The Balaban J connectivity index is 2.05. The lowest BCUT2D eigenvalue weighted by Crippen LogP contribution is -2.14. The highest BCUT2D eigenvalue weighted by molar-refractivity contribution is 14.1. The summed E-state index contributed by atoms with van der Waals surface area (Å²) in [4.78, 5) is 12.0. The van der Waals surface area contributed by atoms with Gasteiger partial charge in [-0.05, 0) is 71.1 Å². The standard InChI is InChI=1S/C16H11BrIN3O/c17-12-1-5-15(6-2-12)21-16(22)11(9-19)10-20-14-7-3-13(18)4-8-14/h1-8,10,20H,(H,21,22)/b11-10-. The average molecular weight is 468 g/mol. The topological polar surface area (TPSA) is 64.9 Å². The number of rotatable bonds is 4. The maximum absolute atomic E-state index is 12.0. The molecule has 0 aliphatic rings. The Bertz CT molecular complexity index is 733. The molecule has 2 N–H and O–H groups in total. The highest BCUT2D eigenvalue weighted by Crippen LogP contribution is 2.15. The van der Waals surface area contributed by atoms with Crippen LogP contribution in [-0.2, 0) is 4.79 Å². The van der Waals surface area contributed by atoms with Crippen molar-refractivity contribution in [2.75, 3.05) is 10.6 Å². The molecule has 0 heterocycles. The molecule has 110 valence electrons. The van der Waals surface area contributed by atoms with Crippen molar-refractivity contribution in [3.05, 3.63) is 68.3 Å². The van der Waals surface area contributed by atoms with Crippen LogP contribution in [0, 0.1) is 14.9 Å². The second-order valence-electron chi connectivity index (χ2n) is 4.28. The Labute approximate surface area is 150 Å². The van der Waals surface area contributed by atoms with Gasteiger partial charge in [0.1, 0.15) is 11.6 Å². The van der Waals surface area contributed by atoms with Gasteiger partial charge >= 0.3 is 0 Å². The maximum Gasteiger partial charge on any atom is 0.267 e. The van der Waals surface area contributed by atoms with E-state index in [0.717, 1.165) is 13.7 Å². The van der Waals surface area contributed by atoms with Crippen molar-refractivity contribution in [3.63, 3.8) is 0 Å². The van der Waals surface area contributed by atoms with Gasteiger partial charge in [0.15, 0.2) is 0 Å². The van der Waals surface area contributed by atoms with Gasteiger partial charge in [0.05, 0.1) is 0 Å². The van der Waals surface area contributed by atoms with Gasteiger partial charge in [0.2, 0.25) is 0 Å². The summed E-state index contributed by atoms with van der Waals surface area (Å²) in [5.74, 6) is -0.456. The van der Waals surface area contributed by atoms with Crippen molar-refractivity contribution in [1.82, 2.24) is 0 Å². The Morgan fingerprint density at radius 3 is 2.27 bits per heavy atom. The third-order valence-corrected chi connectivity index (χ3v) is 3.94. The van der Waals surface area contributed by atoms with Crippen molar-refractivity contribution >= 4 is 55.8 Å². The summed E-state index contributed by atoms with van der Waals surface area (Å²) < 4.78 is 2.03. The van der Waals surface area contributed by atoms with E-state index in [-0.39, 0.29) is 5.57 Å². The van der Waals surface area contributed by atoms with Gasteiger partial charge < -0.3 is 10.6 Å². The monoisotopic (exact) mass is 467 g/mol. The van der Waals surface area contributed by atoms with Crippen LogP contribution in [0.4, 0.5) is 11.4 Å². The Kier molecular flexibility index (Phi) is 5.98. The van der Waals surface area contributed by atoms with Crippen LogP contribution in [-0.4, -0.2) is 5.91 Å². The zero-order valence-electron chi connectivity index (χ0n) is 11.3. The van der Waals surface area contributed by atoms with Crippen molar-refractivity contribution in [2.45, 2.75) is 0 Å². The second-order valence-corrected chi connectivity index (χ2v) is 6.44. The van der Waals surface area contributed by atoms with Crippen LogP contribution in [0.2, 0.25) is 0 Å². The minimum absolute atomic E-state index is 0.00136. The zero-order valence-corrected chi connectivity index (χ0v) is 15.1. The van der Waals surface area contributed by atoms with Crippen LogP contribution >= 0.6 is 38.5 Å². The van der Waals surface area contributed by atoms with Gasteiger partial charge in [0, 0.05) is 25.6 Å². The van der Waals surface area contributed by atoms with Crippen molar-refractivity contribution in [2.24, 2.45) is 0 Å². The van der Waals surface area contributed by atoms with Crippen molar-refractivity contribution < 1.29 is 4.79 Å². The van der Waals surface area contributed by atoms with E-state index < -0.39 is 5.91 Å². The first kappa shape index (κ1) is 16.5. The summed E-state index contributed by atoms with van der Waals surface area (Å²) in [6, 6.07) is 16.6. The molecule has 2 aromatic carbocycles. The molecule has 0 saturated heterocycles. The summed E-state index contributed by atoms with van der Waals surface area (Å²) >= 11 is 5.53. The number of anilines is 2. The molecule has 0 bridgehead atoms. The molecule has 0 aromatic heterocycles. The molecule has 1 amide bonds. The molecule has 0 aliphatic heterocycles. The van der Waals surface area contributed by atoms with Gasteiger partial charge in [-0.25, -0.2) is 0 Å². The molecular formula is C16H11BrIN3O. The Hall–Kier alpha value is -1.85. The highest BCUT2D eigenvalue weighted by atomic mass is 127. The minimum Gasteiger partial charge on any atom is -0.360 e. The molecule has 0 aliphatic carbocycles. The predicted molar refractivity (Wildman–Crippen MR) is 99.2 cm³/mol. The van der Waals surface area contributed by atoms with E-state index in [0.29, 0.717) is 5.69 Å². The normalized spacial score (nSPS) is 10.7. The number of hydrogen-bond donors (Lipinski definition) is 2. The van der Waals surface area contributed by atoms with Crippen LogP contribution in [0.15, 0.2) is 64.8 Å². The lowest BCUT2D eigenvalue weighted by atomic mass is 10.2. The van der Waals surface area contributed by atoms with Gasteiger partial charge in [-0.1, -0.05) is 15.9 Å². The number of halogens is 2. The number of amides is 1. The molecule has 22 heavy (non-hydrogen) atoms. The summed E-state index contributed by atoms with van der Waals surface area (Å²) in [7, 11) is 0. The molecule has 2 aromatic rings. The van der Waals surface area contributed by atoms with Gasteiger partial charge in [-0.2, -0.15) is 5.26 Å². The molecule has 4 nitrogen and oxygen atoms in total.